The number of H-pyrrole nitrogens is 1. The zero-order valence-electron chi connectivity index (χ0n) is 18.2. The molecule has 1 fully saturated rings. The highest BCUT2D eigenvalue weighted by Crippen LogP contribution is 2.42. The highest BCUT2D eigenvalue weighted by molar-refractivity contribution is 6.51. The zero-order valence-corrected chi connectivity index (χ0v) is 18.2. The van der Waals surface area contributed by atoms with Crippen LogP contribution in [0.4, 0.5) is 5.95 Å². The summed E-state index contributed by atoms with van der Waals surface area (Å²) >= 11 is 0. The first-order chi connectivity index (χ1) is 15.9. The van der Waals surface area contributed by atoms with Gasteiger partial charge < -0.3 is 19.2 Å². The Balaban J connectivity index is 1.71. The van der Waals surface area contributed by atoms with E-state index in [1.807, 2.05) is 25.1 Å². The molecule has 2 aromatic carbocycles. The number of amides is 1. The van der Waals surface area contributed by atoms with Crippen molar-refractivity contribution in [1.82, 2.24) is 9.97 Å². The molecule has 33 heavy (non-hydrogen) atoms. The van der Waals surface area contributed by atoms with E-state index in [2.05, 4.69) is 9.97 Å². The number of hydrogen-bond acceptors (Lipinski definition) is 6. The number of furan rings is 1. The normalized spacial score (nSPS) is 17.8. The van der Waals surface area contributed by atoms with Gasteiger partial charge in [-0.15, -0.1) is 0 Å². The van der Waals surface area contributed by atoms with E-state index in [9.17, 15) is 14.7 Å². The number of aromatic amines is 1. The molecule has 1 aliphatic rings. The van der Waals surface area contributed by atoms with E-state index < -0.39 is 17.7 Å². The van der Waals surface area contributed by atoms with Crippen LogP contribution in [0.25, 0.3) is 16.8 Å². The monoisotopic (exact) mass is 443 g/mol. The second-order valence-corrected chi connectivity index (χ2v) is 7.88. The third-order valence-electron chi connectivity index (χ3n) is 5.75. The summed E-state index contributed by atoms with van der Waals surface area (Å²) < 4.78 is 11.1. The van der Waals surface area contributed by atoms with Crippen LogP contribution < -0.4 is 9.64 Å². The Morgan fingerprint density at radius 1 is 1.12 bits per heavy atom. The van der Waals surface area contributed by atoms with Crippen molar-refractivity contribution < 1.29 is 23.8 Å². The van der Waals surface area contributed by atoms with Crippen molar-refractivity contribution in [3.63, 3.8) is 0 Å². The third kappa shape index (κ3) is 3.27. The molecule has 8 heteroatoms. The average Bonchev–Trinajstić information content (AvgIpc) is 3.49. The summed E-state index contributed by atoms with van der Waals surface area (Å²) in [6, 6.07) is 14.8. The van der Waals surface area contributed by atoms with E-state index >= 15 is 0 Å². The lowest BCUT2D eigenvalue weighted by molar-refractivity contribution is -0.132. The summed E-state index contributed by atoms with van der Waals surface area (Å²) in [5.74, 6) is -0.119. The first-order valence-electron chi connectivity index (χ1n) is 10.4. The van der Waals surface area contributed by atoms with Crippen LogP contribution in [0.1, 0.15) is 28.7 Å². The first kappa shape index (κ1) is 20.6. The number of benzene rings is 2. The first-order valence-corrected chi connectivity index (χ1v) is 10.4. The predicted molar refractivity (Wildman–Crippen MR) is 122 cm³/mol. The molecule has 8 nitrogen and oxygen atoms in total. The summed E-state index contributed by atoms with van der Waals surface area (Å²) in [6.45, 7) is 3.60. The maximum atomic E-state index is 13.2. The second kappa shape index (κ2) is 7.67. The summed E-state index contributed by atoms with van der Waals surface area (Å²) in [6.07, 6.45) is 0. The molecule has 0 radical (unpaired) electrons. The number of aromatic nitrogens is 2. The number of para-hydroxylation sites is 2. The number of fused-ring (bicyclic) bond motifs is 1. The van der Waals surface area contributed by atoms with Crippen molar-refractivity contribution in [3.8, 4) is 5.75 Å². The van der Waals surface area contributed by atoms with Gasteiger partial charge in [-0.2, -0.15) is 0 Å². The number of ether oxygens (including phenoxy) is 1. The van der Waals surface area contributed by atoms with Gasteiger partial charge in [0.15, 0.2) is 0 Å². The number of Topliss-reactive ketones (excluding diaryl/α,β-unsaturated/α-hetero) is 1. The number of carbonyl (C=O) groups excluding carboxylic acids is 2. The molecule has 0 spiro atoms. The quantitative estimate of drug-likeness (QED) is 0.275. The minimum atomic E-state index is -0.985. The van der Waals surface area contributed by atoms with Crippen molar-refractivity contribution in [2.75, 3.05) is 12.0 Å². The molecular weight excluding hydrogens is 422 g/mol. The lowest BCUT2D eigenvalue weighted by Gasteiger charge is -2.20. The number of aliphatic hydroxyl groups excluding tert-OH is 1. The van der Waals surface area contributed by atoms with Crippen LogP contribution >= 0.6 is 0 Å². The van der Waals surface area contributed by atoms with Gasteiger partial charge in [0.2, 0.25) is 5.95 Å². The highest BCUT2D eigenvalue weighted by Gasteiger charge is 2.49. The Bertz CT molecular complexity index is 1410. The predicted octanol–water partition coefficient (Wildman–Crippen LogP) is 4.41. The van der Waals surface area contributed by atoms with Crippen molar-refractivity contribution in [3.05, 3.63) is 82.8 Å². The third-order valence-corrected chi connectivity index (χ3v) is 5.75. The number of carbonyl (C=O) groups is 2. The Morgan fingerprint density at radius 3 is 2.58 bits per heavy atom. The van der Waals surface area contributed by atoms with Crippen molar-refractivity contribution in [1.29, 1.82) is 0 Å². The summed E-state index contributed by atoms with van der Waals surface area (Å²) in [5.41, 5.74) is 2.46. The van der Waals surface area contributed by atoms with Crippen LogP contribution in [0.3, 0.4) is 0 Å². The summed E-state index contributed by atoms with van der Waals surface area (Å²) in [5, 5.41) is 11.2. The molecule has 1 saturated heterocycles. The number of hydrogen-bond donors (Lipinski definition) is 2. The van der Waals surface area contributed by atoms with E-state index in [0.717, 1.165) is 11.1 Å². The van der Waals surface area contributed by atoms with Crippen molar-refractivity contribution in [2.24, 2.45) is 0 Å². The molecule has 166 valence electrons. The standard InChI is InChI=1S/C25H21N3O5/c1-13-12-15(9-11-18(13)32-3)22(29)20-21(19-10-8-14(2)33-19)28(24(31)23(20)30)25-26-16-6-4-5-7-17(16)27-25/h4-12,21,29H,1-3H3,(H,26,27)/b22-20+. The summed E-state index contributed by atoms with van der Waals surface area (Å²) in [7, 11) is 1.56. The molecule has 2 N–H and O–H groups in total. The maximum absolute atomic E-state index is 13.2. The molecule has 1 unspecified atom stereocenters. The van der Waals surface area contributed by atoms with Gasteiger partial charge in [0.1, 0.15) is 29.1 Å². The van der Waals surface area contributed by atoms with Gasteiger partial charge >= 0.3 is 5.91 Å². The number of nitrogens with one attached hydrogen (secondary N) is 1. The molecule has 4 aromatic rings. The molecule has 3 heterocycles. The van der Waals surface area contributed by atoms with Crippen LogP contribution in [0.15, 0.2) is 64.6 Å². The number of rotatable bonds is 4. The molecular formula is C25H21N3O5. The molecule has 0 aliphatic carbocycles. The average molecular weight is 443 g/mol. The van der Waals surface area contributed by atoms with Gasteiger partial charge in [-0.3, -0.25) is 14.5 Å². The van der Waals surface area contributed by atoms with Crippen LogP contribution in [-0.2, 0) is 9.59 Å². The molecule has 0 saturated carbocycles. The number of aryl methyl sites for hydroxylation is 2. The summed E-state index contributed by atoms with van der Waals surface area (Å²) in [4.78, 5) is 35.2. The Morgan fingerprint density at radius 2 is 1.91 bits per heavy atom. The minimum Gasteiger partial charge on any atom is -0.507 e. The second-order valence-electron chi connectivity index (χ2n) is 7.88. The minimum absolute atomic E-state index is 0.0700. The van der Waals surface area contributed by atoms with Gasteiger partial charge in [0.05, 0.1) is 23.7 Å². The molecule has 1 atom stereocenters. The molecule has 1 amide bonds. The van der Waals surface area contributed by atoms with Gasteiger partial charge in [-0.1, -0.05) is 12.1 Å². The number of imidazole rings is 1. The number of anilines is 1. The number of nitrogens with zero attached hydrogens (tertiary/aromatic N) is 2. The van der Waals surface area contributed by atoms with Crippen LogP contribution in [-0.4, -0.2) is 33.9 Å². The fourth-order valence-corrected chi connectivity index (χ4v) is 4.16. The fraction of sp³-hybridized carbons (Fsp3) is 0.160. The molecule has 5 rings (SSSR count). The highest BCUT2D eigenvalue weighted by atomic mass is 16.5. The zero-order chi connectivity index (χ0) is 23.3. The lowest BCUT2D eigenvalue weighted by atomic mass is 9.98. The smallest absolute Gasteiger partial charge is 0.302 e. The lowest BCUT2D eigenvalue weighted by Crippen LogP contribution is -2.30. The van der Waals surface area contributed by atoms with E-state index in [-0.39, 0.29) is 17.3 Å². The largest absolute Gasteiger partial charge is 0.507 e. The topological polar surface area (TPSA) is 109 Å². The van der Waals surface area contributed by atoms with Gasteiger partial charge in [0, 0.05) is 5.56 Å². The molecule has 0 bridgehead atoms. The van der Waals surface area contributed by atoms with E-state index in [4.69, 9.17) is 9.15 Å². The maximum Gasteiger partial charge on any atom is 0.302 e. The van der Waals surface area contributed by atoms with Gasteiger partial charge in [0.25, 0.3) is 5.78 Å². The van der Waals surface area contributed by atoms with E-state index in [1.54, 1.807) is 50.4 Å². The van der Waals surface area contributed by atoms with Crippen LogP contribution in [0.2, 0.25) is 0 Å². The van der Waals surface area contributed by atoms with Crippen molar-refractivity contribution >= 4 is 34.4 Å². The molecule has 2 aromatic heterocycles. The van der Waals surface area contributed by atoms with Crippen LogP contribution in [0, 0.1) is 13.8 Å². The number of methoxy groups -OCH3 is 1. The van der Waals surface area contributed by atoms with Crippen molar-refractivity contribution in [2.45, 2.75) is 19.9 Å². The fourth-order valence-electron chi connectivity index (χ4n) is 4.16. The number of ketones is 1. The Labute approximate surface area is 189 Å². The Kier molecular flexibility index (Phi) is 4.78. The van der Waals surface area contributed by atoms with Gasteiger partial charge in [-0.05, 0) is 61.9 Å². The van der Waals surface area contributed by atoms with Crippen LogP contribution in [0.5, 0.6) is 5.75 Å². The van der Waals surface area contributed by atoms with Gasteiger partial charge in [-0.25, -0.2) is 4.98 Å². The van der Waals surface area contributed by atoms with E-state index in [1.165, 1.54) is 4.90 Å². The Hall–Kier alpha value is -4.33. The molecule has 1 aliphatic heterocycles. The number of aliphatic hydroxyl groups is 1. The SMILES string of the molecule is COc1ccc(/C(O)=C2\C(=O)C(=O)N(c3nc4ccccc4[nH]3)C2c2ccc(C)o2)cc1C. The van der Waals surface area contributed by atoms with E-state index in [0.29, 0.717) is 28.4 Å².